The van der Waals surface area contributed by atoms with Crippen molar-refractivity contribution in [3.05, 3.63) is 35.4 Å². The average Bonchev–Trinajstić information content (AvgIpc) is 3.11. The number of nitrogens with zero attached hydrogens (tertiary/aromatic N) is 1. The van der Waals surface area contributed by atoms with Crippen molar-refractivity contribution in [1.29, 1.82) is 0 Å². The van der Waals surface area contributed by atoms with Crippen molar-refractivity contribution in [1.82, 2.24) is 10.2 Å². The van der Waals surface area contributed by atoms with Crippen LogP contribution in [0.3, 0.4) is 0 Å². The van der Waals surface area contributed by atoms with Gasteiger partial charge in [-0.3, -0.25) is 24.5 Å². The van der Waals surface area contributed by atoms with Crippen molar-refractivity contribution >= 4 is 23.7 Å². The lowest BCUT2D eigenvalue weighted by atomic mass is 9.90. The predicted octanol–water partition coefficient (Wildman–Crippen LogP) is 0.829. The number of hydrogen-bond donors (Lipinski definition) is 2. The Balaban J connectivity index is 1.64. The Bertz CT molecular complexity index is 742. The normalized spacial score (nSPS) is 26.0. The zero-order valence-corrected chi connectivity index (χ0v) is 13.9. The minimum atomic E-state index is -0.891. The van der Waals surface area contributed by atoms with Gasteiger partial charge in [-0.2, -0.15) is 0 Å². The third-order valence-corrected chi connectivity index (χ3v) is 5.03. The van der Waals surface area contributed by atoms with Crippen molar-refractivity contribution in [3.8, 4) is 0 Å². The number of imide groups is 1. The molecule has 0 aliphatic carbocycles. The van der Waals surface area contributed by atoms with Crippen LogP contribution < -0.4 is 5.32 Å². The van der Waals surface area contributed by atoms with Crippen molar-refractivity contribution in [3.63, 3.8) is 0 Å². The van der Waals surface area contributed by atoms with Crippen LogP contribution in [-0.4, -0.2) is 46.8 Å². The second-order valence-corrected chi connectivity index (χ2v) is 7.06. The maximum Gasteiger partial charge on any atom is 0.311 e. The Morgan fingerprint density at radius 1 is 1.28 bits per heavy atom. The predicted molar refractivity (Wildman–Crippen MR) is 87.7 cm³/mol. The monoisotopic (exact) mass is 344 g/mol. The summed E-state index contributed by atoms with van der Waals surface area (Å²) in [6, 6.07) is 6.91. The molecule has 2 atom stereocenters. The molecule has 2 aliphatic heterocycles. The molecule has 0 spiro atoms. The van der Waals surface area contributed by atoms with Crippen molar-refractivity contribution in [2.75, 3.05) is 13.1 Å². The number of carboxylic acids is 1. The third kappa shape index (κ3) is 3.40. The highest BCUT2D eigenvalue weighted by Gasteiger charge is 2.42. The SMILES string of the molecule is CC1(C(=O)O)CCN(C(=O)c2ccc(CC3CC(=O)NC3=O)cc2)C1. The Morgan fingerprint density at radius 3 is 2.48 bits per heavy atom. The molecule has 25 heavy (non-hydrogen) atoms. The summed E-state index contributed by atoms with van der Waals surface area (Å²) in [7, 11) is 0. The van der Waals surface area contributed by atoms with Crippen LogP contribution in [0.1, 0.15) is 35.7 Å². The smallest absolute Gasteiger partial charge is 0.311 e. The Morgan fingerprint density at radius 2 is 1.96 bits per heavy atom. The van der Waals surface area contributed by atoms with Gasteiger partial charge in [0.15, 0.2) is 0 Å². The number of hydrogen-bond acceptors (Lipinski definition) is 4. The van der Waals surface area contributed by atoms with Crippen LogP contribution in [0.2, 0.25) is 0 Å². The molecular weight excluding hydrogens is 324 g/mol. The van der Waals surface area contributed by atoms with E-state index in [0.29, 0.717) is 24.9 Å². The molecule has 3 rings (SSSR count). The number of amides is 3. The molecule has 0 bridgehead atoms. The maximum absolute atomic E-state index is 12.5. The van der Waals surface area contributed by atoms with E-state index < -0.39 is 11.4 Å². The maximum atomic E-state index is 12.5. The number of carbonyl (C=O) groups excluding carboxylic acids is 3. The van der Waals surface area contributed by atoms with Crippen molar-refractivity contribution in [2.24, 2.45) is 11.3 Å². The minimum Gasteiger partial charge on any atom is -0.481 e. The summed E-state index contributed by atoms with van der Waals surface area (Å²) in [4.78, 5) is 48.2. The van der Waals surface area contributed by atoms with E-state index in [4.69, 9.17) is 0 Å². The van der Waals surface area contributed by atoms with Gasteiger partial charge in [-0.05, 0) is 37.5 Å². The largest absolute Gasteiger partial charge is 0.481 e. The molecule has 1 aromatic rings. The van der Waals surface area contributed by atoms with Crippen molar-refractivity contribution in [2.45, 2.75) is 26.2 Å². The summed E-state index contributed by atoms with van der Waals surface area (Å²) in [5.74, 6) is -1.94. The summed E-state index contributed by atoms with van der Waals surface area (Å²) in [6.07, 6.45) is 1.09. The van der Waals surface area contributed by atoms with E-state index in [0.717, 1.165) is 5.56 Å². The summed E-state index contributed by atoms with van der Waals surface area (Å²) in [5.41, 5.74) is 0.478. The number of nitrogens with one attached hydrogen (secondary N) is 1. The number of likely N-dealkylation sites (tertiary alicyclic amines) is 1. The fourth-order valence-electron chi connectivity index (χ4n) is 3.33. The van der Waals surface area contributed by atoms with Crippen LogP contribution in [-0.2, 0) is 20.8 Å². The molecule has 2 unspecified atom stereocenters. The number of aliphatic carboxylic acids is 1. The second kappa shape index (κ2) is 6.31. The Kier molecular flexibility index (Phi) is 4.32. The first-order valence-corrected chi connectivity index (χ1v) is 8.24. The van der Waals surface area contributed by atoms with E-state index in [9.17, 15) is 24.3 Å². The molecule has 3 amide bonds. The van der Waals surface area contributed by atoms with Gasteiger partial charge in [0.2, 0.25) is 11.8 Å². The number of benzene rings is 1. The van der Waals surface area contributed by atoms with Gasteiger partial charge >= 0.3 is 5.97 Å². The first-order chi connectivity index (χ1) is 11.8. The molecule has 2 aliphatic rings. The zero-order valence-electron chi connectivity index (χ0n) is 13.9. The molecule has 0 radical (unpaired) electrons. The first-order valence-electron chi connectivity index (χ1n) is 8.24. The Hall–Kier alpha value is -2.70. The van der Waals surface area contributed by atoms with E-state index in [-0.39, 0.29) is 36.6 Å². The fraction of sp³-hybridized carbons (Fsp3) is 0.444. The van der Waals surface area contributed by atoms with E-state index in [1.807, 2.05) is 0 Å². The summed E-state index contributed by atoms with van der Waals surface area (Å²) in [5, 5.41) is 11.5. The minimum absolute atomic E-state index is 0.190. The van der Waals surface area contributed by atoms with E-state index in [1.54, 1.807) is 36.1 Å². The molecule has 2 fully saturated rings. The van der Waals surface area contributed by atoms with Gasteiger partial charge in [-0.15, -0.1) is 0 Å². The fourth-order valence-corrected chi connectivity index (χ4v) is 3.33. The lowest BCUT2D eigenvalue weighted by molar-refractivity contribution is -0.147. The first kappa shape index (κ1) is 17.1. The van der Waals surface area contributed by atoms with E-state index in [2.05, 4.69) is 5.32 Å². The molecule has 7 heteroatoms. The summed E-state index contributed by atoms with van der Waals surface area (Å²) in [6.45, 7) is 2.28. The van der Waals surface area contributed by atoms with E-state index >= 15 is 0 Å². The average molecular weight is 344 g/mol. The molecule has 132 valence electrons. The van der Waals surface area contributed by atoms with Crippen LogP contribution in [0.25, 0.3) is 0 Å². The molecule has 2 N–H and O–H groups in total. The zero-order chi connectivity index (χ0) is 18.2. The second-order valence-electron chi connectivity index (χ2n) is 7.06. The van der Waals surface area contributed by atoms with Gasteiger partial charge < -0.3 is 10.0 Å². The standard InChI is InChI=1S/C18H20N2O5/c1-18(17(24)25)6-7-20(10-18)16(23)12-4-2-11(3-5-12)8-13-9-14(21)19-15(13)22/h2-5,13H,6-10H2,1H3,(H,24,25)(H,19,21,22). The molecule has 7 nitrogen and oxygen atoms in total. The molecule has 2 saturated heterocycles. The van der Waals surface area contributed by atoms with Crippen LogP contribution in [0.4, 0.5) is 0 Å². The van der Waals surface area contributed by atoms with Gasteiger partial charge in [0.1, 0.15) is 0 Å². The number of carbonyl (C=O) groups is 4. The van der Waals surface area contributed by atoms with Crippen LogP contribution in [0, 0.1) is 11.3 Å². The summed E-state index contributed by atoms with van der Waals surface area (Å²) < 4.78 is 0. The van der Waals surface area contributed by atoms with Crippen LogP contribution in [0.15, 0.2) is 24.3 Å². The molecular formula is C18H20N2O5. The Labute approximate surface area is 145 Å². The van der Waals surface area contributed by atoms with Crippen LogP contribution >= 0.6 is 0 Å². The number of carboxylic acid groups (broad SMARTS) is 1. The molecule has 1 aromatic carbocycles. The van der Waals surface area contributed by atoms with Gasteiger partial charge in [0.25, 0.3) is 5.91 Å². The lowest BCUT2D eigenvalue weighted by Crippen LogP contribution is -2.34. The molecule has 2 heterocycles. The highest BCUT2D eigenvalue weighted by molar-refractivity contribution is 6.03. The van der Waals surface area contributed by atoms with Crippen molar-refractivity contribution < 1.29 is 24.3 Å². The van der Waals surface area contributed by atoms with Crippen LogP contribution in [0.5, 0.6) is 0 Å². The highest BCUT2D eigenvalue weighted by Crippen LogP contribution is 2.31. The van der Waals surface area contributed by atoms with Gasteiger partial charge in [-0.25, -0.2) is 0 Å². The summed E-state index contributed by atoms with van der Waals surface area (Å²) >= 11 is 0. The number of rotatable bonds is 4. The van der Waals surface area contributed by atoms with Gasteiger partial charge in [0.05, 0.1) is 11.3 Å². The quantitative estimate of drug-likeness (QED) is 0.788. The topological polar surface area (TPSA) is 104 Å². The van der Waals surface area contributed by atoms with Gasteiger partial charge in [0, 0.05) is 25.1 Å². The molecule has 0 aromatic heterocycles. The third-order valence-electron chi connectivity index (χ3n) is 5.03. The van der Waals surface area contributed by atoms with Gasteiger partial charge in [-0.1, -0.05) is 12.1 Å². The highest BCUT2D eigenvalue weighted by atomic mass is 16.4. The lowest BCUT2D eigenvalue weighted by Gasteiger charge is -2.20. The van der Waals surface area contributed by atoms with E-state index in [1.165, 1.54) is 0 Å². The molecule has 0 saturated carbocycles.